The first-order valence-corrected chi connectivity index (χ1v) is 9.75. The Morgan fingerprint density at radius 1 is 1.29 bits per heavy atom. The second-order valence-electron chi connectivity index (χ2n) is 6.07. The van der Waals surface area contributed by atoms with Gasteiger partial charge in [0.05, 0.1) is 12.0 Å². The van der Waals surface area contributed by atoms with E-state index < -0.39 is 20.7 Å². The number of carboxylic acid groups (broad SMARTS) is 1. The number of carbonyl (C=O) groups is 1. The fraction of sp³-hybridized carbons (Fsp3) is 0.588. The highest BCUT2D eigenvalue weighted by Crippen LogP contribution is 2.38. The maximum absolute atomic E-state index is 13.3. The first-order valence-electron chi connectivity index (χ1n) is 8.27. The minimum Gasteiger partial charge on any atom is -0.497 e. The summed E-state index contributed by atoms with van der Waals surface area (Å²) in [5, 5.41) is 9.91. The normalized spacial score (nSPS) is 22.2. The van der Waals surface area contributed by atoms with E-state index in [1.807, 2.05) is 6.92 Å². The number of unbranched alkanes of at least 4 members (excludes halogenated alkanes) is 1. The van der Waals surface area contributed by atoms with E-state index in [2.05, 4.69) is 0 Å². The molecule has 24 heavy (non-hydrogen) atoms. The number of ether oxygens (including phenoxy) is 1. The summed E-state index contributed by atoms with van der Waals surface area (Å²) < 4.78 is 31.6. The highest BCUT2D eigenvalue weighted by molar-refractivity contribution is 7.93. The summed E-state index contributed by atoms with van der Waals surface area (Å²) in [4.78, 5) is 11.9. The number of methoxy groups -OCH3 is 1. The summed E-state index contributed by atoms with van der Waals surface area (Å²) in [5.74, 6) is -0.751. The number of hydrogen-bond donors (Lipinski definition) is 1. The van der Waals surface area contributed by atoms with E-state index in [4.69, 9.17) is 4.74 Å². The molecule has 0 amide bonds. The van der Waals surface area contributed by atoms with Crippen LogP contribution in [0.15, 0.2) is 29.2 Å². The molecular weight excluding hydrogens is 330 g/mol. The Balaban J connectivity index is 2.51. The molecule has 0 bridgehead atoms. The molecule has 1 aromatic carbocycles. The van der Waals surface area contributed by atoms with Gasteiger partial charge in [-0.05, 0) is 49.9 Å². The van der Waals surface area contributed by atoms with E-state index in [1.165, 1.54) is 19.2 Å². The third kappa shape index (κ3) is 3.15. The molecule has 7 heteroatoms. The molecule has 1 saturated heterocycles. The van der Waals surface area contributed by atoms with Crippen LogP contribution in [-0.4, -0.2) is 49.5 Å². The fourth-order valence-electron chi connectivity index (χ4n) is 3.26. The van der Waals surface area contributed by atoms with Gasteiger partial charge in [0.15, 0.2) is 0 Å². The van der Waals surface area contributed by atoms with Crippen molar-refractivity contribution in [3.63, 3.8) is 0 Å². The molecule has 6 nitrogen and oxygen atoms in total. The van der Waals surface area contributed by atoms with Crippen molar-refractivity contribution in [3.05, 3.63) is 24.3 Å². The van der Waals surface area contributed by atoms with Crippen molar-refractivity contribution in [2.45, 2.75) is 48.8 Å². The Hall–Kier alpha value is -1.60. The minimum absolute atomic E-state index is 0.0223. The zero-order valence-electron chi connectivity index (χ0n) is 14.2. The third-order valence-corrected chi connectivity index (χ3v) is 7.05. The van der Waals surface area contributed by atoms with E-state index in [1.54, 1.807) is 17.0 Å². The van der Waals surface area contributed by atoms with Crippen molar-refractivity contribution >= 4 is 15.8 Å². The lowest BCUT2D eigenvalue weighted by molar-refractivity contribution is -0.147. The van der Waals surface area contributed by atoms with E-state index in [-0.39, 0.29) is 11.3 Å². The van der Waals surface area contributed by atoms with Crippen molar-refractivity contribution < 1.29 is 23.1 Å². The molecule has 1 aliphatic heterocycles. The molecule has 134 valence electrons. The lowest BCUT2D eigenvalue weighted by Crippen LogP contribution is -2.62. The number of carboxylic acids is 1. The van der Waals surface area contributed by atoms with Crippen LogP contribution >= 0.6 is 0 Å². The van der Waals surface area contributed by atoms with Crippen LogP contribution in [0.25, 0.3) is 0 Å². The van der Waals surface area contributed by atoms with Crippen LogP contribution in [-0.2, 0) is 14.6 Å². The van der Waals surface area contributed by atoms with Gasteiger partial charge in [-0.1, -0.05) is 13.3 Å². The molecule has 1 aliphatic rings. The number of hydrogen-bond acceptors (Lipinski definition) is 5. The number of nitrogens with zero attached hydrogens (tertiary/aromatic N) is 1. The summed E-state index contributed by atoms with van der Waals surface area (Å²) in [6.07, 6.45) is 3.17. The topological polar surface area (TPSA) is 83.9 Å². The van der Waals surface area contributed by atoms with Gasteiger partial charge in [0, 0.05) is 13.1 Å². The summed E-state index contributed by atoms with van der Waals surface area (Å²) in [7, 11) is -2.56. The second-order valence-corrected chi connectivity index (χ2v) is 8.22. The maximum atomic E-state index is 13.3. The summed E-state index contributed by atoms with van der Waals surface area (Å²) in [6, 6.07) is 5.93. The molecule has 0 spiro atoms. The van der Waals surface area contributed by atoms with Gasteiger partial charge >= 0.3 is 5.97 Å². The molecule has 0 aromatic heterocycles. The van der Waals surface area contributed by atoms with Crippen LogP contribution in [0.5, 0.6) is 5.75 Å². The number of sulfone groups is 1. The third-order valence-electron chi connectivity index (χ3n) is 4.63. The van der Waals surface area contributed by atoms with Gasteiger partial charge in [-0.2, -0.15) is 0 Å². The number of benzene rings is 1. The van der Waals surface area contributed by atoms with Gasteiger partial charge in [0.2, 0.25) is 14.7 Å². The molecule has 2 rings (SSSR count). The van der Waals surface area contributed by atoms with Crippen LogP contribution in [0.3, 0.4) is 0 Å². The molecule has 1 aromatic rings. The number of aliphatic carboxylic acids is 1. The smallest absolute Gasteiger partial charge is 0.340 e. The van der Waals surface area contributed by atoms with Gasteiger partial charge in [-0.3, -0.25) is 4.90 Å². The lowest BCUT2D eigenvalue weighted by atomic mass is 10.0. The van der Waals surface area contributed by atoms with Crippen LogP contribution < -0.4 is 4.74 Å². The van der Waals surface area contributed by atoms with E-state index >= 15 is 0 Å². The van der Waals surface area contributed by atoms with Gasteiger partial charge in [-0.25, -0.2) is 13.2 Å². The lowest BCUT2D eigenvalue weighted by Gasteiger charge is -2.43. The average Bonchev–Trinajstić information content (AvgIpc) is 2.59. The van der Waals surface area contributed by atoms with E-state index in [0.29, 0.717) is 25.3 Å². The standard InChI is InChI=1S/C17H25NO5S/c1-3-4-12-18-13-6-5-11-17(18,16(19)20)24(21,22)15-9-7-14(23-2)8-10-15/h7-10H,3-6,11-13H2,1-2H3,(H,19,20). The number of rotatable bonds is 7. The second kappa shape index (κ2) is 7.53. The summed E-state index contributed by atoms with van der Waals surface area (Å²) >= 11 is 0. The Morgan fingerprint density at radius 3 is 2.50 bits per heavy atom. The molecular formula is C17H25NO5S. The van der Waals surface area contributed by atoms with Crippen LogP contribution in [0, 0.1) is 0 Å². The number of piperidine rings is 1. The molecule has 0 aliphatic carbocycles. The van der Waals surface area contributed by atoms with Crippen molar-refractivity contribution in [2.24, 2.45) is 0 Å². The van der Waals surface area contributed by atoms with Crippen molar-refractivity contribution in [1.29, 1.82) is 0 Å². The monoisotopic (exact) mass is 355 g/mol. The highest BCUT2D eigenvalue weighted by atomic mass is 32.2. The predicted molar refractivity (Wildman–Crippen MR) is 90.9 cm³/mol. The molecule has 0 radical (unpaired) electrons. The first-order chi connectivity index (χ1) is 11.4. The Kier molecular flexibility index (Phi) is 5.87. The summed E-state index contributed by atoms with van der Waals surface area (Å²) in [6.45, 7) is 2.96. The average molecular weight is 355 g/mol. The first kappa shape index (κ1) is 18.7. The zero-order valence-corrected chi connectivity index (χ0v) is 15.0. The molecule has 1 N–H and O–H groups in total. The SMILES string of the molecule is CCCCN1CCCCC1(C(=O)O)S(=O)(=O)c1ccc(OC)cc1. The van der Waals surface area contributed by atoms with Gasteiger partial charge in [-0.15, -0.1) is 0 Å². The van der Waals surface area contributed by atoms with Crippen molar-refractivity contribution in [3.8, 4) is 5.75 Å². The molecule has 1 atom stereocenters. The predicted octanol–water partition coefficient (Wildman–Crippen LogP) is 2.54. The maximum Gasteiger partial charge on any atom is 0.340 e. The van der Waals surface area contributed by atoms with Gasteiger partial charge in [0.1, 0.15) is 5.75 Å². The fourth-order valence-corrected chi connectivity index (χ4v) is 5.31. The Bertz CT molecular complexity index is 671. The van der Waals surface area contributed by atoms with Crippen LogP contribution in [0.1, 0.15) is 39.0 Å². The largest absolute Gasteiger partial charge is 0.497 e. The van der Waals surface area contributed by atoms with Crippen LogP contribution in [0.4, 0.5) is 0 Å². The van der Waals surface area contributed by atoms with Crippen molar-refractivity contribution in [2.75, 3.05) is 20.2 Å². The van der Waals surface area contributed by atoms with Crippen molar-refractivity contribution in [1.82, 2.24) is 4.90 Å². The van der Waals surface area contributed by atoms with Gasteiger partial charge < -0.3 is 9.84 Å². The molecule has 1 fully saturated rings. The quantitative estimate of drug-likeness (QED) is 0.809. The van der Waals surface area contributed by atoms with Gasteiger partial charge in [0.25, 0.3) is 0 Å². The number of likely N-dealkylation sites (tertiary alicyclic amines) is 1. The Morgan fingerprint density at radius 2 is 1.96 bits per heavy atom. The van der Waals surface area contributed by atoms with E-state index in [0.717, 1.165) is 19.3 Å². The minimum atomic E-state index is -4.06. The molecule has 0 saturated carbocycles. The Labute approximate surface area is 143 Å². The van der Waals surface area contributed by atoms with Crippen LogP contribution in [0.2, 0.25) is 0 Å². The molecule has 1 unspecified atom stereocenters. The molecule has 1 heterocycles. The summed E-state index contributed by atoms with van der Waals surface area (Å²) in [5.41, 5.74) is 0. The van der Waals surface area contributed by atoms with E-state index in [9.17, 15) is 18.3 Å². The highest BCUT2D eigenvalue weighted by Gasteiger charge is 2.56. The zero-order chi connectivity index (χ0) is 17.8.